The van der Waals surface area contributed by atoms with E-state index in [-0.39, 0.29) is 11.5 Å². The van der Waals surface area contributed by atoms with Crippen LogP contribution < -0.4 is 11.4 Å². The van der Waals surface area contributed by atoms with Gasteiger partial charge in [0.05, 0.1) is 27.8 Å². The summed E-state index contributed by atoms with van der Waals surface area (Å²) in [7, 11) is 2.21. The Morgan fingerprint density at radius 2 is 2.11 bits per heavy atom. The second-order valence-corrected chi connectivity index (χ2v) is 8.07. The molecule has 1 saturated heterocycles. The molecule has 144 valence electrons. The van der Waals surface area contributed by atoms with Gasteiger partial charge in [-0.1, -0.05) is 22.9 Å². The van der Waals surface area contributed by atoms with Gasteiger partial charge in [-0.2, -0.15) is 4.98 Å². The molecule has 1 aromatic heterocycles. The lowest BCUT2D eigenvalue weighted by Gasteiger charge is -2.20. The average Bonchev–Trinajstić information content (AvgIpc) is 2.95. The molecule has 4 atom stereocenters. The predicted molar refractivity (Wildman–Crippen MR) is 100 cm³/mol. The quantitative estimate of drug-likeness (QED) is 0.352. The maximum Gasteiger partial charge on any atom is 0.351 e. The number of nitrogen functional groups attached to an aromatic ring is 1. The third-order valence-electron chi connectivity index (χ3n) is 3.93. The Labute approximate surface area is 160 Å². The van der Waals surface area contributed by atoms with Crippen molar-refractivity contribution in [2.75, 3.05) is 12.3 Å². The van der Waals surface area contributed by atoms with Crippen molar-refractivity contribution >= 4 is 33.1 Å². The summed E-state index contributed by atoms with van der Waals surface area (Å²) in [5, 5.41) is 30.4. The molecule has 0 aliphatic carbocycles. The van der Waals surface area contributed by atoms with E-state index in [0.29, 0.717) is 4.90 Å². The van der Waals surface area contributed by atoms with Crippen LogP contribution in [-0.4, -0.2) is 48.8 Å². The van der Waals surface area contributed by atoms with Crippen LogP contribution in [0.25, 0.3) is 0 Å². The highest BCUT2D eigenvalue weighted by molar-refractivity contribution is 8.77. The van der Waals surface area contributed by atoms with E-state index in [1.54, 1.807) is 18.2 Å². The van der Waals surface area contributed by atoms with Crippen LogP contribution in [0.2, 0.25) is 0 Å². The molecule has 0 spiro atoms. The molecule has 0 bridgehead atoms. The summed E-state index contributed by atoms with van der Waals surface area (Å²) >= 11 is 0. The Bertz CT molecular complexity index is 895. The van der Waals surface area contributed by atoms with Crippen LogP contribution in [0.15, 0.2) is 46.2 Å². The highest BCUT2D eigenvalue weighted by Crippen LogP contribution is 2.47. The molecule has 10 nitrogen and oxygen atoms in total. The van der Waals surface area contributed by atoms with Crippen LogP contribution in [-0.2, 0) is 4.74 Å². The third kappa shape index (κ3) is 4.09. The summed E-state index contributed by atoms with van der Waals surface area (Å²) in [6.07, 6.45) is -1.52. The first-order valence-electron chi connectivity index (χ1n) is 7.78. The number of rotatable bonds is 6. The Morgan fingerprint density at radius 3 is 2.78 bits per heavy atom. The van der Waals surface area contributed by atoms with Gasteiger partial charge in [0.1, 0.15) is 11.9 Å². The number of aromatic nitrogens is 2. The van der Waals surface area contributed by atoms with Crippen LogP contribution in [0.4, 0.5) is 11.5 Å². The SMILES string of the molecule is Nc1ccn([C@@H]2O[C@H](CO)C(O)C2SSc2ccccc2[N+](=O)[O-])c(=O)n1. The monoisotopic (exact) mass is 412 g/mol. The van der Waals surface area contributed by atoms with E-state index in [0.717, 1.165) is 21.6 Å². The van der Waals surface area contributed by atoms with Gasteiger partial charge in [-0.05, 0) is 22.9 Å². The number of hydrogen-bond acceptors (Lipinski definition) is 10. The van der Waals surface area contributed by atoms with Crippen molar-refractivity contribution < 1.29 is 19.9 Å². The lowest BCUT2D eigenvalue weighted by atomic mass is 10.2. The Balaban J connectivity index is 1.87. The highest BCUT2D eigenvalue weighted by atomic mass is 33.1. The fourth-order valence-corrected chi connectivity index (χ4v) is 5.45. The molecule has 2 aromatic rings. The molecule has 1 aliphatic heterocycles. The topological polar surface area (TPSA) is 154 Å². The zero-order valence-corrected chi connectivity index (χ0v) is 15.4. The van der Waals surface area contributed by atoms with Gasteiger partial charge in [0.25, 0.3) is 5.69 Å². The van der Waals surface area contributed by atoms with Gasteiger partial charge in [-0.15, -0.1) is 0 Å². The Kier molecular flexibility index (Phi) is 6.01. The average molecular weight is 412 g/mol. The molecular formula is C15H16N4O6S2. The van der Waals surface area contributed by atoms with E-state index >= 15 is 0 Å². The summed E-state index contributed by atoms with van der Waals surface area (Å²) in [4.78, 5) is 26.8. The molecular weight excluding hydrogens is 396 g/mol. The standard InChI is InChI=1S/C15H16N4O6S2/c16-11-5-6-18(15(22)17-11)14-13(12(21)9(7-20)25-14)27-26-10-4-2-1-3-8(10)19(23)24/h1-6,9,12-14,20-21H,7H2,(H2,16,17,22)/t9-,12?,13?,14-/m1/s1. The summed E-state index contributed by atoms with van der Waals surface area (Å²) in [6, 6.07) is 7.62. The minimum absolute atomic E-state index is 0.0481. The molecule has 12 heteroatoms. The molecule has 0 radical (unpaired) electrons. The van der Waals surface area contributed by atoms with Gasteiger partial charge in [0.2, 0.25) is 0 Å². The number of para-hydroxylation sites is 1. The summed E-state index contributed by atoms with van der Waals surface area (Å²) in [5.41, 5.74) is 4.77. The second kappa shape index (κ2) is 8.27. The number of aliphatic hydroxyl groups excluding tert-OH is 2. The third-order valence-corrected chi connectivity index (χ3v) is 6.78. The van der Waals surface area contributed by atoms with E-state index in [1.807, 2.05) is 0 Å². The first-order valence-corrected chi connectivity index (χ1v) is 9.99. The summed E-state index contributed by atoms with van der Waals surface area (Å²) in [5.74, 6) is 0.0481. The molecule has 0 amide bonds. The van der Waals surface area contributed by atoms with Crippen molar-refractivity contribution in [2.45, 2.75) is 28.6 Å². The Hall–Kier alpha value is -2.12. The number of benzene rings is 1. The van der Waals surface area contributed by atoms with Crippen LogP contribution in [0.3, 0.4) is 0 Å². The normalized spacial score (nSPS) is 24.8. The van der Waals surface area contributed by atoms with Crippen LogP contribution in [0.5, 0.6) is 0 Å². The van der Waals surface area contributed by atoms with Crippen molar-refractivity contribution in [3.63, 3.8) is 0 Å². The highest BCUT2D eigenvalue weighted by Gasteiger charge is 2.45. The van der Waals surface area contributed by atoms with Gasteiger partial charge in [-0.25, -0.2) is 4.79 Å². The van der Waals surface area contributed by atoms with Gasteiger partial charge in [-0.3, -0.25) is 14.7 Å². The van der Waals surface area contributed by atoms with E-state index in [4.69, 9.17) is 10.5 Å². The van der Waals surface area contributed by atoms with Crippen molar-refractivity contribution in [2.24, 2.45) is 0 Å². The van der Waals surface area contributed by atoms with Crippen LogP contribution in [0, 0.1) is 10.1 Å². The van der Waals surface area contributed by atoms with Crippen LogP contribution in [0.1, 0.15) is 6.23 Å². The number of nitrogens with two attached hydrogens (primary N) is 1. The minimum atomic E-state index is -1.09. The number of ether oxygens (including phenoxy) is 1. The number of nitro benzene ring substituents is 1. The predicted octanol–water partition coefficient (Wildman–Crippen LogP) is 0.793. The van der Waals surface area contributed by atoms with Crippen molar-refractivity contribution in [1.29, 1.82) is 0 Å². The van der Waals surface area contributed by atoms with E-state index < -0.39 is 40.9 Å². The number of anilines is 1. The molecule has 1 aliphatic rings. The van der Waals surface area contributed by atoms with Gasteiger partial charge in [0.15, 0.2) is 6.23 Å². The lowest BCUT2D eigenvalue weighted by molar-refractivity contribution is -0.387. The number of nitrogens with zero attached hydrogens (tertiary/aromatic N) is 3. The molecule has 2 unspecified atom stereocenters. The van der Waals surface area contributed by atoms with E-state index in [9.17, 15) is 25.1 Å². The molecule has 0 saturated carbocycles. The molecule has 1 fully saturated rings. The molecule has 1 aromatic carbocycles. The Morgan fingerprint density at radius 1 is 1.37 bits per heavy atom. The maximum absolute atomic E-state index is 12.1. The van der Waals surface area contributed by atoms with Crippen molar-refractivity contribution in [1.82, 2.24) is 9.55 Å². The van der Waals surface area contributed by atoms with E-state index in [1.165, 1.54) is 22.9 Å². The number of aliphatic hydroxyl groups is 2. The second-order valence-electron chi connectivity index (χ2n) is 5.65. The first-order chi connectivity index (χ1) is 12.9. The molecule has 4 N–H and O–H groups in total. The molecule has 2 heterocycles. The minimum Gasteiger partial charge on any atom is -0.394 e. The van der Waals surface area contributed by atoms with Crippen molar-refractivity contribution in [3.05, 3.63) is 57.1 Å². The summed E-state index contributed by atoms with van der Waals surface area (Å²) < 4.78 is 6.80. The molecule has 27 heavy (non-hydrogen) atoms. The number of hydrogen-bond donors (Lipinski definition) is 3. The zero-order valence-electron chi connectivity index (χ0n) is 13.7. The zero-order chi connectivity index (χ0) is 19.6. The van der Waals surface area contributed by atoms with E-state index in [2.05, 4.69) is 4.98 Å². The fraction of sp³-hybridized carbons (Fsp3) is 0.333. The lowest BCUT2D eigenvalue weighted by Crippen LogP contribution is -2.34. The van der Waals surface area contributed by atoms with Crippen molar-refractivity contribution in [3.8, 4) is 0 Å². The summed E-state index contributed by atoms with van der Waals surface area (Å²) in [6.45, 7) is -0.442. The fourth-order valence-electron chi connectivity index (χ4n) is 2.60. The van der Waals surface area contributed by atoms with Gasteiger partial charge in [0, 0.05) is 12.3 Å². The first kappa shape index (κ1) is 19.6. The molecule has 3 rings (SSSR count). The van der Waals surface area contributed by atoms with Crippen LogP contribution >= 0.6 is 21.6 Å². The van der Waals surface area contributed by atoms with Gasteiger partial charge < -0.3 is 20.7 Å². The smallest absolute Gasteiger partial charge is 0.351 e. The van der Waals surface area contributed by atoms with Gasteiger partial charge >= 0.3 is 5.69 Å². The number of nitro groups is 1. The maximum atomic E-state index is 12.1. The largest absolute Gasteiger partial charge is 0.394 e.